The van der Waals surface area contributed by atoms with Gasteiger partial charge in [-0.1, -0.05) is 196 Å². The van der Waals surface area contributed by atoms with Gasteiger partial charge in [-0.3, -0.25) is 0 Å². The summed E-state index contributed by atoms with van der Waals surface area (Å²) < 4.78 is 0. The molecule has 4 aliphatic rings. The number of anilines is 12. The molecule has 2 spiro atoms. The molecule has 0 amide bonds. The van der Waals surface area contributed by atoms with Gasteiger partial charge in [0.25, 0.3) is 0 Å². The molecule has 4 heteroatoms. The summed E-state index contributed by atoms with van der Waals surface area (Å²) >= 11 is 0. The number of rotatable bonds is 13. The number of hydrogen-bond acceptors (Lipinski definition) is 4. The molecule has 4 nitrogen and oxygen atoms in total. The van der Waals surface area contributed by atoms with Crippen molar-refractivity contribution >= 4 is 68.2 Å². The molecule has 12 aromatic carbocycles. The molecule has 0 heterocycles. The molecule has 0 N–H and O–H groups in total. The van der Waals surface area contributed by atoms with Gasteiger partial charge in [-0.05, 0) is 227 Å². The second-order valence-corrected chi connectivity index (χ2v) is 24.6. The number of para-hydroxylation sites is 4. The molecule has 16 rings (SSSR count). The van der Waals surface area contributed by atoms with E-state index in [4.69, 9.17) is 0 Å². The van der Waals surface area contributed by atoms with Crippen LogP contribution in [0.1, 0.15) is 86.5 Å². The fourth-order valence-corrected chi connectivity index (χ4v) is 15.8. The Bertz CT molecular complexity index is 4130. The van der Waals surface area contributed by atoms with Gasteiger partial charge in [0.05, 0.1) is 0 Å². The van der Waals surface area contributed by atoms with Crippen LogP contribution in [0, 0.1) is 0 Å². The smallest absolute Gasteiger partial charge is 0.0465 e. The van der Waals surface area contributed by atoms with Gasteiger partial charge in [-0.2, -0.15) is 0 Å². The van der Waals surface area contributed by atoms with Gasteiger partial charge >= 0.3 is 0 Å². The molecule has 88 heavy (non-hydrogen) atoms. The van der Waals surface area contributed by atoms with Crippen molar-refractivity contribution in [1.29, 1.82) is 0 Å². The first-order chi connectivity index (χ1) is 43.6. The highest BCUT2D eigenvalue weighted by atomic mass is 15.2. The minimum absolute atomic E-state index is 0.0736. The van der Waals surface area contributed by atoms with Crippen LogP contribution in [0.25, 0.3) is 33.4 Å². The molecule has 426 valence electrons. The van der Waals surface area contributed by atoms with E-state index >= 15 is 0 Å². The minimum atomic E-state index is 0.0736. The molecule has 2 saturated carbocycles. The van der Waals surface area contributed by atoms with E-state index in [0.717, 1.165) is 68.0 Å². The largest absolute Gasteiger partial charge is 0.311 e. The lowest BCUT2D eigenvalue weighted by molar-refractivity contribution is 0.353. The quantitative estimate of drug-likeness (QED) is 0.114. The molecule has 2 fully saturated rings. The maximum atomic E-state index is 2.52. The van der Waals surface area contributed by atoms with Crippen molar-refractivity contribution in [1.82, 2.24) is 0 Å². The summed E-state index contributed by atoms with van der Waals surface area (Å²) in [4.78, 5) is 9.60. The number of benzene rings is 12. The van der Waals surface area contributed by atoms with Gasteiger partial charge < -0.3 is 19.6 Å². The Morgan fingerprint density at radius 2 is 0.409 bits per heavy atom. The van der Waals surface area contributed by atoms with E-state index in [1.807, 2.05) is 0 Å². The zero-order valence-corrected chi connectivity index (χ0v) is 49.7. The molecule has 0 atom stereocenters. The van der Waals surface area contributed by atoms with Crippen LogP contribution < -0.4 is 19.6 Å². The molecule has 0 saturated heterocycles. The molecule has 0 aromatic heterocycles. The Labute approximate surface area is 518 Å². The van der Waals surface area contributed by atoms with Gasteiger partial charge in [-0.25, -0.2) is 0 Å². The normalized spacial score (nSPS) is 14.8. The molecule has 0 bridgehead atoms. The standard InChI is InChI=1S/C84H70N4/c1-7-23-63(24-8-1)85(69-43-47-71(48-44-69)87(65-27-11-3-12-28-65)73-51-53-77-75-31-15-17-33-79(75)83(81(77)59-73)55-19-5-20-56-83)67-39-35-61(36-40-67)62-37-41-68(42-38-62)86(64-25-9-2-10-26-64)70-45-49-72(50-46-70)88(66-29-13-4-14-30-66)74-52-54-78-76-32-16-18-34-80(76)84(82(78)60-74)57-21-6-22-58-84/h1-4,7-18,23-54,59-60H,5-6,19-22,55-58H2. The lowest BCUT2D eigenvalue weighted by Gasteiger charge is -2.36. The minimum Gasteiger partial charge on any atom is -0.311 e. The van der Waals surface area contributed by atoms with Gasteiger partial charge in [0.15, 0.2) is 0 Å². The van der Waals surface area contributed by atoms with Crippen molar-refractivity contribution in [3.05, 3.63) is 326 Å². The number of nitrogens with zero attached hydrogens (tertiary/aromatic N) is 4. The predicted octanol–water partition coefficient (Wildman–Crippen LogP) is 23.7. The van der Waals surface area contributed by atoms with E-state index < -0.39 is 0 Å². The number of fused-ring (bicyclic) bond motifs is 10. The van der Waals surface area contributed by atoms with Crippen molar-refractivity contribution in [3.63, 3.8) is 0 Å². The summed E-state index contributed by atoms with van der Waals surface area (Å²) in [7, 11) is 0. The topological polar surface area (TPSA) is 13.0 Å². The first-order valence-electron chi connectivity index (χ1n) is 31.9. The second kappa shape index (κ2) is 22.6. The van der Waals surface area contributed by atoms with Crippen LogP contribution in [0.3, 0.4) is 0 Å². The fraction of sp³-hybridized carbons (Fsp3) is 0.143. The Hall–Kier alpha value is -10.2. The van der Waals surface area contributed by atoms with Crippen LogP contribution in [0.2, 0.25) is 0 Å². The third-order valence-corrected chi connectivity index (χ3v) is 19.8. The van der Waals surface area contributed by atoms with E-state index in [9.17, 15) is 0 Å². The van der Waals surface area contributed by atoms with Gasteiger partial charge in [0.1, 0.15) is 0 Å². The van der Waals surface area contributed by atoms with Crippen LogP contribution in [-0.2, 0) is 10.8 Å². The molecule has 4 aliphatic carbocycles. The summed E-state index contributed by atoms with van der Waals surface area (Å²) in [6.45, 7) is 0. The Kier molecular flexibility index (Phi) is 13.7. The summed E-state index contributed by atoms with van der Waals surface area (Å²) in [5, 5.41) is 0. The number of hydrogen-bond donors (Lipinski definition) is 0. The van der Waals surface area contributed by atoms with E-state index in [1.54, 1.807) is 0 Å². The SMILES string of the molecule is c1ccc(N(c2ccc(-c3ccc(N(c4ccccc4)c4ccc(N(c5ccccc5)c5ccc6c(c5)C5(CCCCC5)c5ccccc5-6)cc4)cc3)cc2)c2ccc(N(c3ccccc3)c3ccc4c(c3)C3(CCCCC3)c3ccccc3-4)cc2)cc1. The van der Waals surface area contributed by atoms with E-state index in [-0.39, 0.29) is 10.8 Å². The van der Waals surface area contributed by atoms with Gasteiger partial charge in [0.2, 0.25) is 0 Å². The molecule has 12 aromatic rings. The second-order valence-electron chi connectivity index (χ2n) is 24.6. The molecular weight excluding hydrogens is 1060 g/mol. The van der Waals surface area contributed by atoms with E-state index in [0.29, 0.717) is 0 Å². The molecule has 0 unspecified atom stereocenters. The van der Waals surface area contributed by atoms with E-state index in [1.165, 1.54) is 120 Å². The summed E-state index contributed by atoms with van der Waals surface area (Å²) in [6.07, 6.45) is 12.5. The van der Waals surface area contributed by atoms with Crippen molar-refractivity contribution in [2.45, 2.75) is 75.0 Å². The Balaban J connectivity index is 0.689. The molecular formula is C84H70N4. The van der Waals surface area contributed by atoms with Crippen molar-refractivity contribution in [3.8, 4) is 33.4 Å². The first kappa shape index (κ1) is 53.3. The van der Waals surface area contributed by atoms with E-state index in [2.05, 4.69) is 323 Å². The Morgan fingerprint density at radius 3 is 0.716 bits per heavy atom. The maximum Gasteiger partial charge on any atom is 0.0465 e. The predicted molar refractivity (Wildman–Crippen MR) is 369 cm³/mol. The lowest BCUT2D eigenvalue weighted by atomic mass is 9.68. The van der Waals surface area contributed by atoms with Crippen molar-refractivity contribution in [2.75, 3.05) is 19.6 Å². The van der Waals surface area contributed by atoms with Gasteiger partial charge in [0, 0.05) is 79.1 Å². The summed E-state index contributed by atoms with van der Waals surface area (Å²) in [5.41, 5.74) is 27.6. The maximum absolute atomic E-state index is 2.52. The average Bonchev–Trinajstić information content (AvgIpc) is 1.62. The van der Waals surface area contributed by atoms with Crippen molar-refractivity contribution in [2.24, 2.45) is 0 Å². The third kappa shape index (κ3) is 9.29. The van der Waals surface area contributed by atoms with Gasteiger partial charge in [-0.15, -0.1) is 0 Å². The lowest BCUT2D eigenvalue weighted by Crippen LogP contribution is -2.28. The van der Waals surface area contributed by atoms with Crippen LogP contribution in [-0.4, -0.2) is 0 Å². The van der Waals surface area contributed by atoms with Crippen LogP contribution >= 0.6 is 0 Å². The van der Waals surface area contributed by atoms with Crippen LogP contribution in [0.5, 0.6) is 0 Å². The highest BCUT2D eigenvalue weighted by molar-refractivity contribution is 5.90. The summed E-state index contributed by atoms with van der Waals surface area (Å²) in [5.74, 6) is 0. The fourth-order valence-electron chi connectivity index (χ4n) is 15.8. The highest BCUT2D eigenvalue weighted by Gasteiger charge is 2.45. The molecule has 0 radical (unpaired) electrons. The van der Waals surface area contributed by atoms with Crippen LogP contribution in [0.4, 0.5) is 68.2 Å². The monoisotopic (exact) mass is 1130 g/mol. The zero-order chi connectivity index (χ0) is 58.4. The van der Waals surface area contributed by atoms with Crippen LogP contribution in [0.15, 0.2) is 303 Å². The molecule has 0 aliphatic heterocycles. The summed E-state index contributed by atoms with van der Waals surface area (Å²) in [6, 6.07) is 112. The Morgan fingerprint density at radius 1 is 0.182 bits per heavy atom. The highest BCUT2D eigenvalue weighted by Crippen LogP contribution is 2.59. The van der Waals surface area contributed by atoms with Crippen molar-refractivity contribution < 1.29 is 0 Å². The zero-order valence-electron chi connectivity index (χ0n) is 49.7. The average molecular weight is 1140 g/mol. The first-order valence-corrected chi connectivity index (χ1v) is 31.9. The third-order valence-electron chi connectivity index (χ3n) is 19.8.